The standard InChI is InChI=1S/C23H25F3N5O2P/c1-4-33-34-14-15-9-11-16(12-10-15)28-22-27-13-18(23(24,25)26)20(30-22)29-19-8-6-5-7-17(19)21(32)31(2)3/h5-13,34H,4,14H2,1-3H3,(H2,27,28,29,30). The van der Waals surface area contributed by atoms with E-state index in [1.807, 2.05) is 19.1 Å². The number of amides is 1. The number of nitrogens with one attached hydrogen (secondary N) is 2. The van der Waals surface area contributed by atoms with Gasteiger partial charge in [0.05, 0.1) is 11.3 Å². The smallest absolute Gasteiger partial charge is 0.362 e. The molecule has 0 bridgehead atoms. The number of nitrogens with zero attached hydrogens (tertiary/aromatic N) is 3. The van der Waals surface area contributed by atoms with Crippen LogP contribution in [0.2, 0.25) is 0 Å². The predicted molar refractivity (Wildman–Crippen MR) is 128 cm³/mol. The minimum atomic E-state index is -4.69. The Kier molecular flexibility index (Phi) is 8.41. The zero-order chi connectivity index (χ0) is 24.7. The van der Waals surface area contributed by atoms with E-state index in [-0.39, 0.29) is 23.1 Å². The van der Waals surface area contributed by atoms with Crippen LogP contribution in [-0.2, 0) is 16.9 Å². The highest BCUT2D eigenvalue weighted by molar-refractivity contribution is 7.31. The van der Waals surface area contributed by atoms with Gasteiger partial charge in [-0.3, -0.25) is 4.79 Å². The van der Waals surface area contributed by atoms with Crippen LogP contribution in [0.3, 0.4) is 0 Å². The third-order valence-corrected chi connectivity index (χ3v) is 5.69. The zero-order valence-electron chi connectivity index (χ0n) is 18.9. The third kappa shape index (κ3) is 6.65. The monoisotopic (exact) mass is 491 g/mol. The number of para-hydroxylation sites is 1. The molecule has 0 saturated carbocycles. The van der Waals surface area contributed by atoms with Gasteiger partial charge >= 0.3 is 6.18 Å². The lowest BCUT2D eigenvalue weighted by Gasteiger charge is -2.18. The summed E-state index contributed by atoms with van der Waals surface area (Å²) in [6.07, 6.45) is -3.19. The van der Waals surface area contributed by atoms with Crippen molar-refractivity contribution in [1.29, 1.82) is 0 Å². The summed E-state index contributed by atoms with van der Waals surface area (Å²) in [5.74, 6) is -0.830. The molecular formula is C23H25F3N5O2P. The normalized spacial score (nSPS) is 11.6. The quantitative estimate of drug-likeness (QED) is 0.290. The van der Waals surface area contributed by atoms with E-state index in [1.54, 1.807) is 38.4 Å². The van der Waals surface area contributed by atoms with E-state index in [9.17, 15) is 18.0 Å². The number of halogens is 3. The summed E-state index contributed by atoms with van der Waals surface area (Å²) in [6.45, 7) is 2.60. The first-order valence-electron chi connectivity index (χ1n) is 10.4. The van der Waals surface area contributed by atoms with Crippen LogP contribution in [-0.4, -0.2) is 41.5 Å². The van der Waals surface area contributed by atoms with Crippen molar-refractivity contribution >= 4 is 37.9 Å². The Bertz CT molecular complexity index is 1120. The summed E-state index contributed by atoms with van der Waals surface area (Å²) in [7, 11) is 3.50. The lowest BCUT2D eigenvalue weighted by Crippen LogP contribution is -2.23. The molecule has 0 fully saturated rings. The summed E-state index contributed by atoms with van der Waals surface area (Å²) in [4.78, 5) is 21.7. The van der Waals surface area contributed by atoms with Crippen LogP contribution in [0, 0.1) is 0 Å². The molecule has 34 heavy (non-hydrogen) atoms. The van der Waals surface area contributed by atoms with Gasteiger partial charge in [-0.15, -0.1) is 0 Å². The molecule has 2 aromatic carbocycles. The van der Waals surface area contributed by atoms with Gasteiger partial charge in [-0.25, -0.2) is 4.98 Å². The Morgan fingerprint density at radius 2 is 1.79 bits per heavy atom. The van der Waals surface area contributed by atoms with Crippen LogP contribution >= 0.6 is 8.81 Å². The van der Waals surface area contributed by atoms with Gasteiger partial charge in [0.15, 0.2) is 0 Å². The molecule has 11 heteroatoms. The van der Waals surface area contributed by atoms with Crippen molar-refractivity contribution in [3.8, 4) is 0 Å². The number of benzene rings is 2. The first-order chi connectivity index (χ1) is 16.2. The zero-order valence-corrected chi connectivity index (χ0v) is 19.9. The molecule has 2 N–H and O–H groups in total. The highest BCUT2D eigenvalue weighted by atomic mass is 31.1. The Labute approximate surface area is 197 Å². The number of aromatic nitrogens is 2. The molecule has 1 heterocycles. The van der Waals surface area contributed by atoms with E-state index in [4.69, 9.17) is 4.52 Å². The molecule has 0 saturated heterocycles. The lowest BCUT2D eigenvalue weighted by atomic mass is 10.1. The van der Waals surface area contributed by atoms with Gasteiger partial charge < -0.3 is 20.1 Å². The van der Waals surface area contributed by atoms with Gasteiger partial charge in [-0.2, -0.15) is 18.2 Å². The fourth-order valence-corrected chi connectivity index (χ4v) is 3.67. The first-order valence-corrected chi connectivity index (χ1v) is 11.5. The third-order valence-electron chi connectivity index (χ3n) is 4.64. The van der Waals surface area contributed by atoms with E-state index < -0.39 is 17.6 Å². The predicted octanol–water partition coefficient (Wildman–Crippen LogP) is 5.81. The minimum absolute atomic E-state index is 0.0177. The molecule has 1 unspecified atom stereocenters. The van der Waals surface area contributed by atoms with Gasteiger partial charge in [0.25, 0.3) is 5.91 Å². The number of rotatable bonds is 9. The molecule has 180 valence electrons. The SMILES string of the molecule is CCOPCc1ccc(Nc2ncc(C(F)(F)F)c(Nc3ccccc3C(=O)N(C)C)n2)cc1. The Hall–Kier alpha value is -3.23. The van der Waals surface area contributed by atoms with Crippen LogP contribution in [0.15, 0.2) is 54.7 Å². The Morgan fingerprint density at radius 3 is 2.44 bits per heavy atom. The van der Waals surface area contributed by atoms with Gasteiger partial charge in [-0.05, 0) is 36.8 Å². The maximum atomic E-state index is 13.6. The molecule has 3 aromatic rings. The molecule has 0 spiro atoms. The van der Waals surface area contributed by atoms with Gasteiger partial charge in [0, 0.05) is 47.6 Å². The van der Waals surface area contributed by atoms with Crippen LogP contribution in [0.25, 0.3) is 0 Å². The minimum Gasteiger partial charge on any atom is -0.362 e. The van der Waals surface area contributed by atoms with Crippen molar-refractivity contribution in [2.45, 2.75) is 19.3 Å². The van der Waals surface area contributed by atoms with E-state index >= 15 is 0 Å². The van der Waals surface area contributed by atoms with Crippen LogP contribution in [0.4, 0.5) is 36.3 Å². The number of carbonyl (C=O) groups excluding carboxylic acids is 1. The average Bonchev–Trinajstić information content (AvgIpc) is 2.79. The maximum absolute atomic E-state index is 13.6. The average molecular weight is 491 g/mol. The topological polar surface area (TPSA) is 79.4 Å². The molecular weight excluding hydrogens is 466 g/mol. The number of hydrogen-bond donors (Lipinski definition) is 2. The van der Waals surface area contributed by atoms with Crippen molar-refractivity contribution in [2.75, 3.05) is 31.3 Å². The van der Waals surface area contributed by atoms with E-state index in [0.29, 0.717) is 27.3 Å². The summed E-state index contributed by atoms with van der Waals surface area (Å²) < 4.78 is 46.3. The molecule has 3 rings (SSSR count). The van der Waals surface area contributed by atoms with Crippen molar-refractivity contribution in [3.05, 3.63) is 71.4 Å². The lowest BCUT2D eigenvalue weighted by molar-refractivity contribution is -0.137. The second-order valence-corrected chi connectivity index (χ2v) is 8.33. The molecule has 1 amide bonds. The molecule has 0 aliphatic heterocycles. The second kappa shape index (κ2) is 11.3. The van der Waals surface area contributed by atoms with Gasteiger partial charge in [0.1, 0.15) is 11.4 Å². The highest BCUT2D eigenvalue weighted by Crippen LogP contribution is 2.36. The summed E-state index contributed by atoms with van der Waals surface area (Å²) in [5, 5.41) is 5.60. The number of alkyl halides is 3. The molecule has 1 atom stereocenters. The summed E-state index contributed by atoms with van der Waals surface area (Å²) >= 11 is 0. The van der Waals surface area contributed by atoms with E-state index in [1.165, 1.54) is 17.0 Å². The van der Waals surface area contributed by atoms with Crippen LogP contribution in [0.1, 0.15) is 28.4 Å². The fraction of sp³-hybridized carbons (Fsp3) is 0.261. The highest BCUT2D eigenvalue weighted by Gasteiger charge is 2.35. The molecule has 0 radical (unpaired) electrons. The largest absolute Gasteiger partial charge is 0.421 e. The van der Waals surface area contributed by atoms with Crippen LogP contribution in [0.5, 0.6) is 0 Å². The Balaban J connectivity index is 1.88. The molecule has 7 nitrogen and oxygen atoms in total. The van der Waals surface area contributed by atoms with Crippen molar-refractivity contribution < 1.29 is 22.5 Å². The summed E-state index contributed by atoms with van der Waals surface area (Å²) in [6, 6.07) is 13.7. The molecule has 0 aliphatic carbocycles. The van der Waals surface area contributed by atoms with Crippen LogP contribution < -0.4 is 10.6 Å². The fourth-order valence-electron chi connectivity index (χ4n) is 2.96. The van der Waals surface area contributed by atoms with E-state index in [0.717, 1.165) is 11.7 Å². The second-order valence-electron chi connectivity index (χ2n) is 7.40. The van der Waals surface area contributed by atoms with Gasteiger partial charge in [0.2, 0.25) is 5.95 Å². The molecule has 1 aromatic heterocycles. The van der Waals surface area contributed by atoms with Gasteiger partial charge in [-0.1, -0.05) is 24.3 Å². The first kappa shape index (κ1) is 25.4. The van der Waals surface area contributed by atoms with Crippen molar-refractivity contribution in [1.82, 2.24) is 14.9 Å². The number of hydrogen-bond acceptors (Lipinski definition) is 6. The summed E-state index contributed by atoms with van der Waals surface area (Å²) in [5.41, 5.74) is 1.08. The number of anilines is 4. The number of carbonyl (C=O) groups is 1. The maximum Gasteiger partial charge on any atom is 0.421 e. The van der Waals surface area contributed by atoms with Crippen molar-refractivity contribution in [2.24, 2.45) is 0 Å². The molecule has 0 aliphatic rings. The Morgan fingerprint density at radius 1 is 1.09 bits per heavy atom. The van der Waals surface area contributed by atoms with E-state index in [2.05, 4.69) is 20.6 Å². The van der Waals surface area contributed by atoms with Crippen molar-refractivity contribution in [3.63, 3.8) is 0 Å².